The average Bonchev–Trinajstić information content (AvgIpc) is 2.15. The van der Waals surface area contributed by atoms with E-state index in [0.717, 1.165) is 0 Å². The molecule has 16 heavy (non-hydrogen) atoms. The largest absolute Gasteiger partial charge is 0.395 e. The molecule has 0 rings (SSSR count). The lowest BCUT2D eigenvalue weighted by Crippen LogP contribution is -2.45. The van der Waals surface area contributed by atoms with E-state index in [1.807, 2.05) is 13.8 Å². The fourth-order valence-electron chi connectivity index (χ4n) is 1.27. The van der Waals surface area contributed by atoms with Crippen LogP contribution in [0.2, 0.25) is 0 Å². The monoisotopic (exact) mass is 254 g/mol. The Morgan fingerprint density at radius 2 is 2.00 bits per heavy atom. The van der Waals surface area contributed by atoms with Crippen LogP contribution >= 0.6 is 0 Å². The molecule has 0 amide bonds. The SMILES string of the molecule is COCCNS(=O)(=O)NC(CO)CC(C)C. The third-order valence-corrected chi connectivity index (χ3v) is 3.12. The molecule has 0 radical (unpaired) electrons. The van der Waals surface area contributed by atoms with E-state index >= 15 is 0 Å². The highest BCUT2D eigenvalue weighted by molar-refractivity contribution is 7.87. The highest BCUT2D eigenvalue weighted by Crippen LogP contribution is 2.04. The quantitative estimate of drug-likeness (QED) is 0.482. The zero-order chi connectivity index (χ0) is 12.6. The minimum absolute atomic E-state index is 0.205. The van der Waals surface area contributed by atoms with Crippen LogP contribution < -0.4 is 9.44 Å². The van der Waals surface area contributed by atoms with Gasteiger partial charge in [-0.3, -0.25) is 0 Å². The zero-order valence-corrected chi connectivity index (χ0v) is 10.9. The smallest absolute Gasteiger partial charge is 0.277 e. The van der Waals surface area contributed by atoms with Gasteiger partial charge in [-0.25, -0.2) is 0 Å². The molecular weight excluding hydrogens is 232 g/mol. The number of rotatable bonds is 9. The lowest BCUT2D eigenvalue weighted by molar-refractivity contribution is 0.204. The second-order valence-electron chi connectivity index (χ2n) is 4.02. The molecule has 0 saturated carbocycles. The molecule has 1 atom stereocenters. The van der Waals surface area contributed by atoms with Gasteiger partial charge in [0.1, 0.15) is 0 Å². The van der Waals surface area contributed by atoms with Crippen molar-refractivity contribution in [2.24, 2.45) is 5.92 Å². The molecule has 0 aromatic carbocycles. The summed E-state index contributed by atoms with van der Waals surface area (Å²) >= 11 is 0. The van der Waals surface area contributed by atoms with Crippen LogP contribution in [-0.4, -0.2) is 46.4 Å². The van der Waals surface area contributed by atoms with Gasteiger partial charge < -0.3 is 9.84 Å². The molecule has 7 heteroatoms. The lowest BCUT2D eigenvalue weighted by atomic mass is 10.1. The fraction of sp³-hybridized carbons (Fsp3) is 1.00. The predicted octanol–water partition coefficient (Wildman–Crippen LogP) is -0.536. The summed E-state index contributed by atoms with van der Waals surface area (Å²) in [5.41, 5.74) is 0. The average molecular weight is 254 g/mol. The molecule has 0 saturated heterocycles. The van der Waals surface area contributed by atoms with Crippen molar-refractivity contribution in [1.82, 2.24) is 9.44 Å². The topological polar surface area (TPSA) is 87.7 Å². The number of aliphatic hydroxyl groups is 1. The van der Waals surface area contributed by atoms with Gasteiger partial charge in [-0.2, -0.15) is 17.9 Å². The molecule has 0 aliphatic heterocycles. The molecule has 0 aromatic rings. The van der Waals surface area contributed by atoms with Gasteiger partial charge in [0.15, 0.2) is 0 Å². The molecule has 3 N–H and O–H groups in total. The van der Waals surface area contributed by atoms with E-state index in [0.29, 0.717) is 18.9 Å². The van der Waals surface area contributed by atoms with Gasteiger partial charge in [-0.1, -0.05) is 13.8 Å². The van der Waals surface area contributed by atoms with Crippen molar-refractivity contribution >= 4 is 10.2 Å². The van der Waals surface area contributed by atoms with Crippen LogP contribution in [0.15, 0.2) is 0 Å². The predicted molar refractivity (Wildman–Crippen MR) is 62.3 cm³/mol. The third kappa shape index (κ3) is 8.00. The van der Waals surface area contributed by atoms with Crippen LogP contribution in [0.3, 0.4) is 0 Å². The number of hydrogen-bond donors (Lipinski definition) is 3. The van der Waals surface area contributed by atoms with Crippen molar-refractivity contribution in [3.8, 4) is 0 Å². The first kappa shape index (κ1) is 15.8. The molecule has 0 aliphatic rings. The molecule has 98 valence electrons. The van der Waals surface area contributed by atoms with Crippen molar-refractivity contribution in [3.63, 3.8) is 0 Å². The van der Waals surface area contributed by atoms with Gasteiger partial charge in [-0.15, -0.1) is 0 Å². The summed E-state index contributed by atoms with van der Waals surface area (Å²) in [5.74, 6) is 0.318. The van der Waals surface area contributed by atoms with Gasteiger partial charge in [0.2, 0.25) is 0 Å². The molecule has 1 unspecified atom stereocenters. The van der Waals surface area contributed by atoms with Crippen LogP contribution in [0.4, 0.5) is 0 Å². The molecule has 0 spiro atoms. The normalized spacial score (nSPS) is 14.3. The van der Waals surface area contributed by atoms with E-state index in [1.54, 1.807) is 0 Å². The van der Waals surface area contributed by atoms with Gasteiger partial charge in [0, 0.05) is 19.7 Å². The maximum absolute atomic E-state index is 11.5. The second kappa shape index (κ2) is 7.97. The Bertz CT molecular complexity index is 267. The molecule has 0 aliphatic carbocycles. The minimum atomic E-state index is -3.55. The van der Waals surface area contributed by atoms with Gasteiger partial charge >= 0.3 is 0 Å². The summed E-state index contributed by atoms with van der Waals surface area (Å²) in [6.07, 6.45) is 0.599. The Labute approximate surface area is 97.6 Å². The standard InChI is InChI=1S/C9H22N2O4S/c1-8(2)6-9(7-12)11-16(13,14)10-4-5-15-3/h8-12H,4-7H2,1-3H3. The number of ether oxygens (including phenoxy) is 1. The van der Waals surface area contributed by atoms with Gasteiger partial charge in [0.25, 0.3) is 10.2 Å². The maximum atomic E-state index is 11.5. The molecule has 0 fully saturated rings. The number of hydrogen-bond acceptors (Lipinski definition) is 4. The summed E-state index contributed by atoms with van der Waals surface area (Å²) < 4.78 is 32.4. The van der Waals surface area contributed by atoms with E-state index in [2.05, 4.69) is 9.44 Å². The van der Waals surface area contributed by atoms with Crippen LogP contribution in [0.1, 0.15) is 20.3 Å². The maximum Gasteiger partial charge on any atom is 0.277 e. The van der Waals surface area contributed by atoms with E-state index in [9.17, 15) is 8.42 Å². The fourth-order valence-corrected chi connectivity index (χ4v) is 2.31. The highest BCUT2D eigenvalue weighted by Gasteiger charge is 2.17. The van der Waals surface area contributed by atoms with Crippen LogP contribution in [0, 0.1) is 5.92 Å². The highest BCUT2D eigenvalue weighted by atomic mass is 32.2. The summed E-state index contributed by atoms with van der Waals surface area (Å²) in [4.78, 5) is 0. The van der Waals surface area contributed by atoms with E-state index in [-0.39, 0.29) is 13.2 Å². The number of nitrogens with one attached hydrogen (secondary N) is 2. The van der Waals surface area contributed by atoms with E-state index in [1.165, 1.54) is 7.11 Å². The summed E-state index contributed by atoms with van der Waals surface area (Å²) in [5, 5.41) is 9.03. The summed E-state index contributed by atoms with van der Waals surface area (Å²) in [7, 11) is -2.05. The lowest BCUT2D eigenvalue weighted by Gasteiger charge is -2.18. The Morgan fingerprint density at radius 1 is 1.38 bits per heavy atom. The van der Waals surface area contributed by atoms with Gasteiger partial charge in [-0.05, 0) is 12.3 Å². The molecule has 0 heterocycles. The van der Waals surface area contributed by atoms with Crippen molar-refractivity contribution in [1.29, 1.82) is 0 Å². The van der Waals surface area contributed by atoms with Crippen molar-refractivity contribution < 1.29 is 18.3 Å². The van der Waals surface area contributed by atoms with Gasteiger partial charge in [0.05, 0.1) is 13.2 Å². The van der Waals surface area contributed by atoms with Crippen LogP contribution in [0.25, 0.3) is 0 Å². The third-order valence-electron chi connectivity index (χ3n) is 1.90. The Balaban J connectivity index is 4.10. The molecule has 0 aromatic heterocycles. The van der Waals surface area contributed by atoms with Crippen molar-refractivity contribution in [2.45, 2.75) is 26.3 Å². The summed E-state index contributed by atoms with van der Waals surface area (Å²) in [6.45, 7) is 4.26. The van der Waals surface area contributed by atoms with Crippen LogP contribution in [0.5, 0.6) is 0 Å². The first-order chi connectivity index (χ1) is 7.41. The Hall–Kier alpha value is -0.210. The molecular formula is C9H22N2O4S. The van der Waals surface area contributed by atoms with E-state index < -0.39 is 16.3 Å². The Kier molecular flexibility index (Phi) is 7.86. The first-order valence-electron chi connectivity index (χ1n) is 5.28. The van der Waals surface area contributed by atoms with Crippen molar-refractivity contribution in [2.75, 3.05) is 26.9 Å². The second-order valence-corrected chi connectivity index (χ2v) is 5.55. The minimum Gasteiger partial charge on any atom is -0.395 e. The van der Waals surface area contributed by atoms with Crippen LogP contribution in [-0.2, 0) is 14.9 Å². The molecule has 6 nitrogen and oxygen atoms in total. The van der Waals surface area contributed by atoms with Crippen molar-refractivity contribution in [3.05, 3.63) is 0 Å². The number of methoxy groups -OCH3 is 1. The Morgan fingerprint density at radius 3 is 2.44 bits per heavy atom. The number of aliphatic hydroxyl groups excluding tert-OH is 1. The zero-order valence-electron chi connectivity index (χ0n) is 10.1. The van der Waals surface area contributed by atoms with E-state index in [4.69, 9.17) is 9.84 Å². The molecule has 0 bridgehead atoms. The first-order valence-corrected chi connectivity index (χ1v) is 6.76. The summed E-state index contributed by atoms with van der Waals surface area (Å²) in [6, 6.07) is -0.444.